The van der Waals surface area contributed by atoms with Gasteiger partial charge in [0.1, 0.15) is 11.9 Å². The molecular formula is C15H21N5O. The average Bonchev–Trinajstić information content (AvgIpc) is 2.93. The number of nitrogens with zero attached hydrogens (tertiary/aromatic N) is 3. The lowest BCUT2D eigenvalue weighted by Crippen LogP contribution is -2.40. The third kappa shape index (κ3) is 4.43. The van der Waals surface area contributed by atoms with Crippen LogP contribution in [0.4, 0.5) is 5.82 Å². The van der Waals surface area contributed by atoms with Gasteiger partial charge in [0.2, 0.25) is 5.91 Å². The molecule has 1 aromatic heterocycles. The lowest BCUT2D eigenvalue weighted by atomic mass is 10.2. The number of carbonyl (C=O) groups is 1. The van der Waals surface area contributed by atoms with Gasteiger partial charge in [0.15, 0.2) is 0 Å². The predicted octanol–water partition coefficient (Wildman–Crippen LogP) is 0.966. The van der Waals surface area contributed by atoms with Crippen LogP contribution in [0, 0.1) is 11.3 Å². The van der Waals surface area contributed by atoms with E-state index in [9.17, 15) is 4.79 Å². The van der Waals surface area contributed by atoms with Crippen molar-refractivity contribution in [3.05, 3.63) is 23.9 Å². The van der Waals surface area contributed by atoms with E-state index in [2.05, 4.69) is 22.5 Å². The van der Waals surface area contributed by atoms with E-state index in [1.165, 1.54) is 6.20 Å². The Balaban J connectivity index is 1.61. The molecule has 1 aliphatic rings. The molecule has 1 saturated heterocycles. The van der Waals surface area contributed by atoms with E-state index < -0.39 is 0 Å². The van der Waals surface area contributed by atoms with Crippen LogP contribution in [0.3, 0.4) is 0 Å². The van der Waals surface area contributed by atoms with Gasteiger partial charge in [-0.1, -0.05) is 0 Å². The number of nitrogens with one attached hydrogen (secondary N) is 2. The summed E-state index contributed by atoms with van der Waals surface area (Å²) in [7, 11) is 0. The Hall–Kier alpha value is -2.13. The van der Waals surface area contributed by atoms with E-state index in [0.717, 1.165) is 25.2 Å². The first-order chi connectivity index (χ1) is 10.2. The smallest absolute Gasteiger partial charge is 0.236 e. The van der Waals surface area contributed by atoms with Crippen molar-refractivity contribution in [2.75, 3.05) is 31.5 Å². The summed E-state index contributed by atoms with van der Waals surface area (Å²) >= 11 is 0. The van der Waals surface area contributed by atoms with Crippen LogP contribution in [0.1, 0.15) is 25.3 Å². The standard InChI is InChI=1S/C15H21N5O/c1-12-3-2-8-20(12)15(21)11-17-6-7-18-14-5-4-13(9-16)10-19-14/h4-5,10,12,17H,2-3,6-8,11H2,1H3,(H,18,19). The quantitative estimate of drug-likeness (QED) is 0.762. The zero-order chi connectivity index (χ0) is 15.1. The topological polar surface area (TPSA) is 81.0 Å². The third-order valence-corrected chi connectivity index (χ3v) is 3.65. The van der Waals surface area contributed by atoms with Crippen molar-refractivity contribution < 1.29 is 4.79 Å². The fourth-order valence-corrected chi connectivity index (χ4v) is 2.44. The Kier molecular flexibility index (Phi) is 5.52. The molecule has 1 fully saturated rings. The number of carbonyl (C=O) groups excluding carboxylic acids is 1. The van der Waals surface area contributed by atoms with Crippen molar-refractivity contribution >= 4 is 11.7 Å². The van der Waals surface area contributed by atoms with Crippen LogP contribution in [0.25, 0.3) is 0 Å². The van der Waals surface area contributed by atoms with Crippen LogP contribution >= 0.6 is 0 Å². The van der Waals surface area contributed by atoms with E-state index in [-0.39, 0.29) is 5.91 Å². The molecule has 21 heavy (non-hydrogen) atoms. The summed E-state index contributed by atoms with van der Waals surface area (Å²) in [6.07, 6.45) is 3.75. The molecule has 0 bridgehead atoms. The van der Waals surface area contributed by atoms with Crippen molar-refractivity contribution in [1.29, 1.82) is 5.26 Å². The Morgan fingerprint density at radius 2 is 2.38 bits per heavy atom. The molecule has 2 N–H and O–H groups in total. The minimum Gasteiger partial charge on any atom is -0.369 e. The molecule has 0 aromatic carbocycles. The zero-order valence-electron chi connectivity index (χ0n) is 12.3. The van der Waals surface area contributed by atoms with Crippen LogP contribution in [-0.4, -0.2) is 48.0 Å². The first kappa shape index (κ1) is 15.3. The molecule has 1 amide bonds. The van der Waals surface area contributed by atoms with E-state index in [1.807, 2.05) is 11.0 Å². The fraction of sp³-hybridized carbons (Fsp3) is 0.533. The van der Waals surface area contributed by atoms with Crippen molar-refractivity contribution in [3.63, 3.8) is 0 Å². The Bertz CT molecular complexity index is 508. The summed E-state index contributed by atoms with van der Waals surface area (Å²) in [5, 5.41) is 15.0. The molecule has 0 spiro atoms. The van der Waals surface area contributed by atoms with Crippen LogP contribution in [0.5, 0.6) is 0 Å². The molecule has 1 aliphatic heterocycles. The third-order valence-electron chi connectivity index (χ3n) is 3.65. The van der Waals surface area contributed by atoms with Gasteiger partial charge in [0.25, 0.3) is 0 Å². The average molecular weight is 287 g/mol. The van der Waals surface area contributed by atoms with Gasteiger partial charge in [-0.05, 0) is 31.9 Å². The number of hydrogen-bond acceptors (Lipinski definition) is 5. The van der Waals surface area contributed by atoms with E-state index in [4.69, 9.17) is 5.26 Å². The zero-order valence-corrected chi connectivity index (χ0v) is 12.3. The van der Waals surface area contributed by atoms with Crippen LogP contribution in [-0.2, 0) is 4.79 Å². The van der Waals surface area contributed by atoms with Crippen molar-refractivity contribution in [2.45, 2.75) is 25.8 Å². The summed E-state index contributed by atoms with van der Waals surface area (Å²) in [4.78, 5) is 18.0. The number of rotatable bonds is 6. The van der Waals surface area contributed by atoms with Gasteiger partial charge in [-0.15, -0.1) is 0 Å². The van der Waals surface area contributed by atoms with E-state index >= 15 is 0 Å². The predicted molar refractivity (Wildman–Crippen MR) is 80.7 cm³/mol. The lowest BCUT2D eigenvalue weighted by Gasteiger charge is -2.21. The highest BCUT2D eigenvalue weighted by Crippen LogP contribution is 2.15. The molecule has 6 heteroatoms. The van der Waals surface area contributed by atoms with Crippen LogP contribution in [0.2, 0.25) is 0 Å². The van der Waals surface area contributed by atoms with Gasteiger partial charge >= 0.3 is 0 Å². The number of aromatic nitrogens is 1. The molecule has 2 heterocycles. The molecule has 1 aromatic rings. The maximum atomic E-state index is 12.0. The summed E-state index contributed by atoms with van der Waals surface area (Å²) in [5.74, 6) is 0.909. The van der Waals surface area contributed by atoms with Gasteiger partial charge in [-0.3, -0.25) is 4.79 Å². The number of likely N-dealkylation sites (tertiary alicyclic amines) is 1. The lowest BCUT2D eigenvalue weighted by molar-refractivity contribution is -0.130. The number of pyridine rings is 1. The van der Waals surface area contributed by atoms with Crippen LogP contribution < -0.4 is 10.6 Å². The number of hydrogen-bond donors (Lipinski definition) is 2. The van der Waals surface area contributed by atoms with E-state index in [0.29, 0.717) is 31.2 Å². The highest BCUT2D eigenvalue weighted by Gasteiger charge is 2.24. The Labute approximate surface area is 125 Å². The summed E-state index contributed by atoms with van der Waals surface area (Å²) in [6, 6.07) is 5.90. The van der Waals surface area contributed by atoms with Gasteiger partial charge in [0.05, 0.1) is 12.1 Å². The van der Waals surface area contributed by atoms with Crippen molar-refractivity contribution in [3.8, 4) is 6.07 Å². The van der Waals surface area contributed by atoms with E-state index in [1.54, 1.807) is 12.1 Å². The highest BCUT2D eigenvalue weighted by molar-refractivity contribution is 5.78. The van der Waals surface area contributed by atoms with Gasteiger partial charge in [-0.2, -0.15) is 5.26 Å². The first-order valence-electron chi connectivity index (χ1n) is 7.31. The van der Waals surface area contributed by atoms with Gasteiger partial charge < -0.3 is 15.5 Å². The monoisotopic (exact) mass is 287 g/mol. The molecule has 112 valence electrons. The van der Waals surface area contributed by atoms with Crippen molar-refractivity contribution in [2.24, 2.45) is 0 Å². The fourth-order valence-electron chi connectivity index (χ4n) is 2.44. The van der Waals surface area contributed by atoms with Gasteiger partial charge in [0, 0.05) is 31.9 Å². The first-order valence-corrected chi connectivity index (χ1v) is 7.31. The second kappa shape index (κ2) is 7.60. The maximum Gasteiger partial charge on any atom is 0.236 e. The minimum absolute atomic E-state index is 0.177. The minimum atomic E-state index is 0.177. The second-order valence-corrected chi connectivity index (χ2v) is 5.23. The molecular weight excluding hydrogens is 266 g/mol. The van der Waals surface area contributed by atoms with Gasteiger partial charge in [-0.25, -0.2) is 4.98 Å². The molecule has 6 nitrogen and oxygen atoms in total. The number of amides is 1. The largest absolute Gasteiger partial charge is 0.369 e. The molecule has 1 atom stereocenters. The Morgan fingerprint density at radius 3 is 3.00 bits per heavy atom. The molecule has 2 rings (SSSR count). The summed E-state index contributed by atoms with van der Waals surface area (Å²) in [6.45, 7) is 4.74. The highest BCUT2D eigenvalue weighted by atomic mass is 16.2. The Morgan fingerprint density at radius 1 is 1.52 bits per heavy atom. The summed E-state index contributed by atoms with van der Waals surface area (Å²) < 4.78 is 0. The van der Waals surface area contributed by atoms with Crippen LogP contribution in [0.15, 0.2) is 18.3 Å². The molecule has 0 aliphatic carbocycles. The summed E-state index contributed by atoms with van der Waals surface area (Å²) in [5.41, 5.74) is 0.545. The molecule has 0 radical (unpaired) electrons. The second-order valence-electron chi connectivity index (χ2n) is 5.23. The van der Waals surface area contributed by atoms with Crippen molar-refractivity contribution in [1.82, 2.24) is 15.2 Å². The normalized spacial score (nSPS) is 17.5. The number of anilines is 1. The molecule has 0 saturated carbocycles. The SMILES string of the molecule is CC1CCCN1C(=O)CNCCNc1ccc(C#N)cn1. The molecule has 1 unspecified atom stereocenters. The number of nitriles is 1. The maximum absolute atomic E-state index is 12.0.